The summed E-state index contributed by atoms with van der Waals surface area (Å²) in [5, 5.41) is 9.92. The number of phenolic OH excluding ortho intramolecular Hbond substituents is 1. The number of ketones is 1. The molecule has 0 spiro atoms. The Balaban J connectivity index is 2.29. The van der Waals surface area contributed by atoms with Gasteiger partial charge in [0.15, 0.2) is 5.78 Å². The zero-order valence-corrected chi connectivity index (χ0v) is 11.2. The molecule has 0 aliphatic rings. The average Bonchev–Trinajstić information content (AvgIpc) is 2.44. The smallest absolute Gasteiger partial charge is 0.343 e. The summed E-state index contributed by atoms with van der Waals surface area (Å²) in [5.41, 5.74) is 0.992. The highest BCUT2D eigenvalue weighted by Gasteiger charge is 2.16. The van der Waals surface area contributed by atoms with Crippen LogP contribution in [0.5, 0.6) is 11.5 Å². The molecule has 20 heavy (non-hydrogen) atoms. The molecule has 0 aliphatic heterocycles. The van der Waals surface area contributed by atoms with Crippen molar-refractivity contribution < 1.29 is 19.4 Å². The number of phenols is 1. The van der Waals surface area contributed by atoms with Crippen LogP contribution in [0.15, 0.2) is 42.5 Å². The van der Waals surface area contributed by atoms with Gasteiger partial charge in [0.2, 0.25) is 0 Å². The van der Waals surface area contributed by atoms with E-state index in [1.165, 1.54) is 19.1 Å². The molecule has 0 bridgehead atoms. The van der Waals surface area contributed by atoms with E-state index in [0.29, 0.717) is 11.1 Å². The quantitative estimate of drug-likeness (QED) is 0.528. The van der Waals surface area contributed by atoms with Gasteiger partial charge in [-0.15, -0.1) is 0 Å². The van der Waals surface area contributed by atoms with Crippen molar-refractivity contribution in [2.75, 3.05) is 0 Å². The first-order chi connectivity index (χ1) is 9.50. The minimum Gasteiger partial charge on any atom is -0.507 e. The summed E-state index contributed by atoms with van der Waals surface area (Å²) in [4.78, 5) is 23.2. The van der Waals surface area contributed by atoms with E-state index in [4.69, 9.17) is 4.74 Å². The predicted octanol–water partition coefficient (Wildman–Crippen LogP) is 3.12. The number of carbonyl (C=O) groups is 2. The Morgan fingerprint density at radius 3 is 2.30 bits per heavy atom. The van der Waals surface area contributed by atoms with Gasteiger partial charge in [-0.1, -0.05) is 18.2 Å². The maximum absolute atomic E-state index is 11.9. The molecule has 0 unspecified atom stereocenters. The predicted molar refractivity (Wildman–Crippen MR) is 74.2 cm³/mol. The van der Waals surface area contributed by atoms with Crippen LogP contribution < -0.4 is 4.74 Å². The van der Waals surface area contributed by atoms with Crippen LogP contribution in [0.25, 0.3) is 0 Å². The molecule has 102 valence electrons. The number of Topliss-reactive ketones (excluding diaryl/α,β-unsaturated/α-hetero) is 1. The summed E-state index contributed by atoms with van der Waals surface area (Å²) in [6.07, 6.45) is 0. The summed E-state index contributed by atoms with van der Waals surface area (Å²) in [5.74, 6) is -0.674. The van der Waals surface area contributed by atoms with Crippen molar-refractivity contribution in [3.63, 3.8) is 0 Å². The van der Waals surface area contributed by atoms with Crippen LogP contribution in [0.3, 0.4) is 0 Å². The molecule has 2 aromatic rings. The second-order valence-electron chi connectivity index (χ2n) is 4.40. The number of esters is 1. The van der Waals surface area contributed by atoms with Crippen molar-refractivity contribution in [2.24, 2.45) is 0 Å². The molecule has 2 rings (SSSR count). The molecular weight excluding hydrogens is 256 g/mol. The minimum absolute atomic E-state index is 0.157. The van der Waals surface area contributed by atoms with Crippen molar-refractivity contribution in [3.8, 4) is 11.5 Å². The summed E-state index contributed by atoms with van der Waals surface area (Å²) in [7, 11) is 0. The Morgan fingerprint density at radius 1 is 1.05 bits per heavy atom. The van der Waals surface area contributed by atoms with E-state index in [0.717, 1.165) is 0 Å². The van der Waals surface area contributed by atoms with Gasteiger partial charge in [-0.05, 0) is 38.1 Å². The van der Waals surface area contributed by atoms with Crippen molar-refractivity contribution in [2.45, 2.75) is 13.8 Å². The fourth-order valence-corrected chi connectivity index (χ4v) is 1.81. The number of aromatic hydroxyl groups is 1. The third-order valence-electron chi connectivity index (χ3n) is 2.97. The van der Waals surface area contributed by atoms with Crippen LogP contribution in [0.4, 0.5) is 0 Å². The number of hydrogen-bond acceptors (Lipinski definition) is 4. The molecule has 0 aromatic heterocycles. The average molecular weight is 270 g/mol. The van der Waals surface area contributed by atoms with Gasteiger partial charge in [0.05, 0.1) is 11.1 Å². The van der Waals surface area contributed by atoms with E-state index in [-0.39, 0.29) is 22.8 Å². The molecule has 4 nitrogen and oxygen atoms in total. The lowest BCUT2D eigenvalue weighted by Crippen LogP contribution is -2.09. The van der Waals surface area contributed by atoms with E-state index in [1.807, 2.05) is 0 Å². The first-order valence-corrected chi connectivity index (χ1v) is 6.11. The van der Waals surface area contributed by atoms with E-state index < -0.39 is 5.97 Å². The third-order valence-corrected chi connectivity index (χ3v) is 2.97. The van der Waals surface area contributed by atoms with Gasteiger partial charge in [-0.25, -0.2) is 4.79 Å². The van der Waals surface area contributed by atoms with Crippen LogP contribution in [0, 0.1) is 6.92 Å². The van der Waals surface area contributed by atoms with Gasteiger partial charge < -0.3 is 9.84 Å². The van der Waals surface area contributed by atoms with E-state index in [2.05, 4.69) is 0 Å². The maximum atomic E-state index is 11.9. The highest BCUT2D eigenvalue weighted by atomic mass is 16.5. The Morgan fingerprint density at radius 2 is 1.70 bits per heavy atom. The molecule has 0 aliphatic carbocycles. The molecule has 0 saturated carbocycles. The first-order valence-electron chi connectivity index (χ1n) is 6.11. The fourth-order valence-electron chi connectivity index (χ4n) is 1.81. The topological polar surface area (TPSA) is 63.6 Å². The van der Waals surface area contributed by atoms with Crippen molar-refractivity contribution in [1.82, 2.24) is 0 Å². The second kappa shape index (κ2) is 5.57. The van der Waals surface area contributed by atoms with Crippen LogP contribution >= 0.6 is 0 Å². The number of hydrogen-bond donors (Lipinski definition) is 1. The Bertz CT molecular complexity index is 660. The van der Waals surface area contributed by atoms with E-state index in [9.17, 15) is 14.7 Å². The van der Waals surface area contributed by atoms with Gasteiger partial charge in [-0.2, -0.15) is 0 Å². The molecule has 0 fully saturated rings. The van der Waals surface area contributed by atoms with Gasteiger partial charge in [0.25, 0.3) is 0 Å². The molecule has 0 amide bonds. The zero-order valence-electron chi connectivity index (χ0n) is 11.2. The Kier molecular flexibility index (Phi) is 3.84. The van der Waals surface area contributed by atoms with Crippen LogP contribution in [0.2, 0.25) is 0 Å². The molecule has 0 heterocycles. The first kappa shape index (κ1) is 13.8. The standard InChI is InChI=1S/C16H14O4/c1-10-14(9-8-13(11(2)17)15(10)18)20-16(19)12-6-4-3-5-7-12/h3-9,18H,1-2H3. The minimum atomic E-state index is -0.510. The molecule has 0 radical (unpaired) electrons. The lowest BCUT2D eigenvalue weighted by atomic mass is 10.1. The van der Waals surface area contributed by atoms with Gasteiger partial charge in [0, 0.05) is 5.56 Å². The highest BCUT2D eigenvalue weighted by molar-refractivity contribution is 5.97. The van der Waals surface area contributed by atoms with E-state index in [1.54, 1.807) is 37.3 Å². The lowest BCUT2D eigenvalue weighted by Gasteiger charge is -2.10. The molecule has 2 aromatic carbocycles. The van der Waals surface area contributed by atoms with Crippen molar-refractivity contribution >= 4 is 11.8 Å². The molecular formula is C16H14O4. The van der Waals surface area contributed by atoms with Gasteiger partial charge >= 0.3 is 5.97 Å². The zero-order chi connectivity index (χ0) is 14.7. The van der Waals surface area contributed by atoms with Gasteiger partial charge in [0.1, 0.15) is 11.5 Å². The highest BCUT2D eigenvalue weighted by Crippen LogP contribution is 2.31. The summed E-state index contributed by atoms with van der Waals surface area (Å²) < 4.78 is 5.24. The number of rotatable bonds is 3. The molecule has 0 atom stereocenters. The van der Waals surface area contributed by atoms with Crippen molar-refractivity contribution in [3.05, 3.63) is 59.2 Å². The molecule has 4 heteroatoms. The second-order valence-corrected chi connectivity index (χ2v) is 4.40. The molecule has 0 saturated heterocycles. The lowest BCUT2D eigenvalue weighted by molar-refractivity contribution is 0.0733. The van der Waals surface area contributed by atoms with E-state index >= 15 is 0 Å². The largest absolute Gasteiger partial charge is 0.507 e. The molecule has 1 N–H and O–H groups in total. The fraction of sp³-hybridized carbons (Fsp3) is 0.125. The Labute approximate surface area is 116 Å². The van der Waals surface area contributed by atoms with Gasteiger partial charge in [-0.3, -0.25) is 4.79 Å². The number of carbonyl (C=O) groups excluding carboxylic acids is 2. The summed E-state index contributed by atoms with van der Waals surface area (Å²) in [6, 6.07) is 11.5. The SMILES string of the molecule is CC(=O)c1ccc(OC(=O)c2ccccc2)c(C)c1O. The monoisotopic (exact) mass is 270 g/mol. The van der Waals surface area contributed by atoms with Crippen LogP contribution in [0.1, 0.15) is 33.2 Å². The third kappa shape index (κ3) is 2.69. The maximum Gasteiger partial charge on any atom is 0.343 e. The Hall–Kier alpha value is -2.62. The van der Waals surface area contributed by atoms with Crippen molar-refractivity contribution in [1.29, 1.82) is 0 Å². The van der Waals surface area contributed by atoms with Crippen LogP contribution in [-0.4, -0.2) is 16.9 Å². The number of ether oxygens (including phenoxy) is 1. The number of benzene rings is 2. The van der Waals surface area contributed by atoms with Crippen LogP contribution in [-0.2, 0) is 0 Å². The summed E-state index contributed by atoms with van der Waals surface area (Å²) >= 11 is 0. The summed E-state index contributed by atoms with van der Waals surface area (Å²) in [6.45, 7) is 2.96. The normalized spacial score (nSPS) is 10.1.